The molecule has 0 saturated carbocycles. The number of ether oxygens (including phenoxy) is 1. The van der Waals surface area contributed by atoms with Crippen LogP contribution in [0, 0.1) is 6.92 Å². The lowest BCUT2D eigenvalue weighted by atomic mass is 10.3. The van der Waals surface area contributed by atoms with Gasteiger partial charge >= 0.3 is 0 Å². The minimum absolute atomic E-state index is 0.157. The van der Waals surface area contributed by atoms with Crippen LogP contribution in [0.15, 0.2) is 23.6 Å². The zero-order valence-corrected chi connectivity index (χ0v) is 15.1. The molecule has 4 rings (SSSR count). The number of nitrogen functional groups attached to an aromatic ring is 1. The van der Waals surface area contributed by atoms with Crippen LogP contribution in [0.1, 0.15) is 17.1 Å². The predicted molar refractivity (Wildman–Crippen MR) is 97.4 cm³/mol. The summed E-state index contributed by atoms with van der Waals surface area (Å²) in [5.74, 6) is 0.157. The van der Waals surface area contributed by atoms with Gasteiger partial charge in [-0.15, -0.1) is 16.4 Å². The fourth-order valence-electron chi connectivity index (χ4n) is 2.59. The van der Waals surface area contributed by atoms with Crippen LogP contribution in [-0.2, 0) is 17.9 Å². The van der Waals surface area contributed by atoms with E-state index in [4.69, 9.17) is 10.5 Å². The van der Waals surface area contributed by atoms with Crippen LogP contribution in [0.3, 0.4) is 0 Å². The summed E-state index contributed by atoms with van der Waals surface area (Å²) in [6, 6.07) is 5.76. The number of rotatable bonds is 5. The summed E-state index contributed by atoms with van der Waals surface area (Å²) in [7, 11) is 1.64. The number of aryl methyl sites for hydroxylation is 1. The first-order valence-corrected chi connectivity index (χ1v) is 8.75. The average Bonchev–Trinajstić information content (AvgIpc) is 3.22. The van der Waals surface area contributed by atoms with Gasteiger partial charge in [-0.25, -0.2) is 14.6 Å². The topological polar surface area (TPSA) is 118 Å². The van der Waals surface area contributed by atoms with Crippen molar-refractivity contribution in [1.29, 1.82) is 0 Å². The van der Waals surface area contributed by atoms with E-state index < -0.39 is 0 Å². The third-order valence-corrected chi connectivity index (χ3v) is 4.64. The van der Waals surface area contributed by atoms with Crippen LogP contribution in [0.2, 0.25) is 0 Å². The fraction of sp³-hybridized carbons (Fsp3) is 0.250. The minimum Gasteiger partial charge on any atom is -0.378 e. The van der Waals surface area contributed by atoms with Crippen molar-refractivity contribution in [2.45, 2.75) is 20.1 Å². The number of methoxy groups -OCH3 is 1. The molecule has 0 bridgehead atoms. The first-order valence-electron chi connectivity index (χ1n) is 7.87. The maximum absolute atomic E-state index is 5.91. The summed E-state index contributed by atoms with van der Waals surface area (Å²) in [5, 5.41) is 11.2. The molecule has 0 aliphatic heterocycles. The van der Waals surface area contributed by atoms with E-state index in [1.807, 2.05) is 30.5 Å². The molecule has 2 N–H and O–H groups in total. The molecular formula is C16H16N8OS. The molecule has 4 aromatic rings. The van der Waals surface area contributed by atoms with Crippen LogP contribution < -0.4 is 5.73 Å². The third-order valence-electron chi connectivity index (χ3n) is 3.67. The maximum Gasteiger partial charge on any atom is 0.222 e. The Morgan fingerprint density at radius 1 is 1.15 bits per heavy atom. The van der Waals surface area contributed by atoms with Gasteiger partial charge < -0.3 is 10.5 Å². The zero-order chi connectivity index (χ0) is 18.1. The molecule has 0 saturated heterocycles. The Kier molecular flexibility index (Phi) is 4.27. The van der Waals surface area contributed by atoms with Crippen molar-refractivity contribution in [3.63, 3.8) is 0 Å². The lowest BCUT2D eigenvalue weighted by Gasteiger charge is -2.05. The Bertz CT molecular complexity index is 1070. The summed E-state index contributed by atoms with van der Waals surface area (Å²) in [5.41, 5.74) is 10.2. The van der Waals surface area contributed by atoms with Gasteiger partial charge in [0.05, 0.1) is 24.5 Å². The Labute approximate surface area is 152 Å². The normalized spacial score (nSPS) is 11.3. The second-order valence-electron chi connectivity index (χ2n) is 5.70. The Morgan fingerprint density at radius 3 is 2.77 bits per heavy atom. The molecule has 0 atom stereocenters. The molecule has 0 unspecified atom stereocenters. The summed E-state index contributed by atoms with van der Waals surface area (Å²) >= 11 is 1.49. The van der Waals surface area contributed by atoms with Gasteiger partial charge in [0, 0.05) is 18.2 Å². The average molecular weight is 368 g/mol. The highest BCUT2D eigenvalue weighted by Crippen LogP contribution is 2.27. The molecule has 4 aromatic heterocycles. The van der Waals surface area contributed by atoms with Crippen molar-refractivity contribution in [3.05, 3.63) is 40.7 Å². The molecule has 4 heterocycles. The quantitative estimate of drug-likeness (QED) is 0.567. The number of hydrogen-bond acceptors (Lipinski definition) is 9. The van der Waals surface area contributed by atoms with Crippen molar-refractivity contribution >= 4 is 28.4 Å². The SMILES string of the molecule is COCc1cccc(Cn2nnc3c(-c4nc(C)cs4)nc(N)nc32)n1. The molecular weight excluding hydrogens is 352 g/mol. The van der Waals surface area contributed by atoms with Crippen molar-refractivity contribution in [2.24, 2.45) is 0 Å². The molecule has 0 fully saturated rings. The van der Waals surface area contributed by atoms with Gasteiger partial charge in [-0.2, -0.15) is 4.98 Å². The molecule has 0 spiro atoms. The second kappa shape index (κ2) is 6.73. The van der Waals surface area contributed by atoms with Gasteiger partial charge in [0.25, 0.3) is 0 Å². The van der Waals surface area contributed by atoms with Gasteiger partial charge in [-0.05, 0) is 19.1 Å². The van der Waals surface area contributed by atoms with Gasteiger partial charge in [-0.3, -0.25) is 4.98 Å². The molecule has 0 radical (unpaired) electrons. The van der Waals surface area contributed by atoms with Crippen LogP contribution in [-0.4, -0.2) is 42.0 Å². The Hall–Kier alpha value is -2.98. The summed E-state index contributed by atoms with van der Waals surface area (Å²) in [6.07, 6.45) is 0. The van der Waals surface area contributed by atoms with Crippen LogP contribution >= 0.6 is 11.3 Å². The van der Waals surface area contributed by atoms with E-state index in [-0.39, 0.29) is 5.95 Å². The molecule has 0 aliphatic carbocycles. The molecule has 0 amide bonds. The van der Waals surface area contributed by atoms with Crippen molar-refractivity contribution in [1.82, 2.24) is 34.9 Å². The lowest BCUT2D eigenvalue weighted by Crippen LogP contribution is -2.07. The smallest absolute Gasteiger partial charge is 0.222 e. The molecule has 9 nitrogen and oxygen atoms in total. The van der Waals surface area contributed by atoms with Gasteiger partial charge in [-0.1, -0.05) is 11.3 Å². The van der Waals surface area contributed by atoms with Crippen LogP contribution in [0.4, 0.5) is 5.95 Å². The number of nitrogens with zero attached hydrogens (tertiary/aromatic N) is 7. The van der Waals surface area contributed by atoms with E-state index in [9.17, 15) is 0 Å². The number of thiazole rings is 1. The van der Waals surface area contributed by atoms with Gasteiger partial charge in [0.2, 0.25) is 5.95 Å². The van der Waals surface area contributed by atoms with Crippen LogP contribution in [0.25, 0.3) is 21.9 Å². The number of pyridine rings is 1. The van der Waals surface area contributed by atoms with E-state index >= 15 is 0 Å². The predicted octanol–water partition coefficient (Wildman–Crippen LogP) is 1.83. The monoisotopic (exact) mass is 368 g/mol. The number of hydrogen-bond donors (Lipinski definition) is 1. The standard InChI is InChI=1S/C16H16N8OS/c1-9-8-26-15(18-9)13-12-14(21-16(17)20-13)24(23-22-12)6-10-4-3-5-11(19-10)7-25-2/h3-5,8H,6-7H2,1-2H3,(H2,17,20,21). The van der Waals surface area contributed by atoms with E-state index in [0.29, 0.717) is 30.0 Å². The van der Waals surface area contributed by atoms with E-state index in [1.165, 1.54) is 11.3 Å². The molecule has 0 aliphatic rings. The largest absolute Gasteiger partial charge is 0.378 e. The first kappa shape index (κ1) is 16.5. The lowest BCUT2D eigenvalue weighted by molar-refractivity contribution is 0.181. The number of anilines is 1. The fourth-order valence-corrected chi connectivity index (χ4v) is 3.38. The molecule has 0 aromatic carbocycles. The maximum atomic E-state index is 5.91. The second-order valence-corrected chi connectivity index (χ2v) is 6.56. The highest BCUT2D eigenvalue weighted by atomic mass is 32.1. The highest BCUT2D eigenvalue weighted by molar-refractivity contribution is 7.13. The van der Waals surface area contributed by atoms with Gasteiger partial charge in [0.15, 0.2) is 11.2 Å². The Morgan fingerprint density at radius 2 is 2.00 bits per heavy atom. The minimum atomic E-state index is 0.157. The van der Waals surface area contributed by atoms with Crippen LogP contribution in [0.5, 0.6) is 0 Å². The molecule has 10 heteroatoms. The molecule has 132 valence electrons. The summed E-state index contributed by atoms with van der Waals surface area (Å²) in [4.78, 5) is 17.6. The number of aromatic nitrogens is 7. The van der Waals surface area contributed by atoms with E-state index in [1.54, 1.807) is 11.8 Å². The summed E-state index contributed by atoms with van der Waals surface area (Å²) < 4.78 is 6.79. The van der Waals surface area contributed by atoms with Crippen molar-refractivity contribution in [2.75, 3.05) is 12.8 Å². The van der Waals surface area contributed by atoms with E-state index in [0.717, 1.165) is 22.1 Å². The van der Waals surface area contributed by atoms with Crippen molar-refractivity contribution in [3.8, 4) is 10.7 Å². The highest BCUT2D eigenvalue weighted by Gasteiger charge is 2.17. The first-order chi connectivity index (χ1) is 12.6. The number of fused-ring (bicyclic) bond motifs is 1. The van der Waals surface area contributed by atoms with Crippen molar-refractivity contribution < 1.29 is 4.74 Å². The third kappa shape index (κ3) is 3.11. The number of nitrogens with two attached hydrogens (primary N) is 1. The zero-order valence-electron chi connectivity index (χ0n) is 14.2. The summed E-state index contributed by atoms with van der Waals surface area (Å²) in [6.45, 7) is 2.80. The van der Waals surface area contributed by atoms with E-state index in [2.05, 4.69) is 30.2 Å². The Balaban J connectivity index is 1.75. The van der Waals surface area contributed by atoms with Gasteiger partial charge in [0.1, 0.15) is 10.7 Å². The molecule has 26 heavy (non-hydrogen) atoms.